The number of hydrogen-bond acceptors (Lipinski definition) is 1. The van der Waals surface area contributed by atoms with Crippen molar-refractivity contribution in [3.05, 3.63) is 33.5 Å². The second-order valence-electron chi connectivity index (χ2n) is 4.00. The van der Waals surface area contributed by atoms with Gasteiger partial charge in [-0.2, -0.15) is 13.2 Å². The summed E-state index contributed by atoms with van der Waals surface area (Å²) in [6.07, 6.45) is -3.16. The van der Waals surface area contributed by atoms with Crippen molar-refractivity contribution in [2.24, 2.45) is 0 Å². The lowest BCUT2D eigenvalue weighted by Gasteiger charge is -2.16. The van der Waals surface area contributed by atoms with Gasteiger partial charge in [-0.05, 0) is 31.5 Å². The smallest absolute Gasteiger partial charge is 0.310 e. The van der Waals surface area contributed by atoms with Crippen molar-refractivity contribution < 1.29 is 17.6 Å². The Balaban J connectivity index is 2.49. The summed E-state index contributed by atoms with van der Waals surface area (Å²) in [6, 6.07) is 1.86. The molecule has 0 saturated carbocycles. The Morgan fingerprint density at radius 1 is 1.29 bits per heavy atom. The molecule has 1 aromatic rings. The SMILES string of the molecule is Fc1c([C@H]2CCCN2)cc(Br)cc1C(F)(F)F. The highest BCUT2D eigenvalue weighted by atomic mass is 79.9. The lowest BCUT2D eigenvalue weighted by Crippen LogP contribution is -2.17. The molecule has 0 aliphatic carbocycles. The van der Waals surface area contributed by atoms with Gasteiger partial charge in [0.15, 0.2) is 0 Å². The number of alkyl halides is 3. The van der Waals surface area contributed by atoms with Crippen LogP contribution in [0.5, 0.6) is 0 Å². The second-order valence-corrected chi connectivity index (χ2v) is 4.92. The molecule has 1 nitrogen and oxygen atoms in total. The molecule has 0 bridgehead atoms. The van der Waals surface area contributed by atoms with E-state index in [9.17, 15) is 17.6 Å². The molecule has 0 amide bonds. The topological polar surface area (TPSA) is 12.0 Å². The molecule has 94 valence electrons. The maximum absolute atomic E-state index is 13.8. The van der Waals surface area contributed by atoms with E-state index < -0.39 is 17.6 Å². The lowest BCUT2D eigenvalue weighted by molar-refractivity contribution is -0.140. The fraction of sp³-hybridized carbons (Fsp3) is 0.455. The van der Waals surface area contributed by atoms with Crippen LogP contribution in [0.3, 0.4) is 0 Å². The first kappa shape index (κ1) is 12.8. The highest BCUT2D eigenvalue weighted by Crippen LogP contribution is 2.37. The van der Waals surface area contributed by atoms with Crippen molar-refractivity contribution >= 4 is 15.9 Å². The summed E-state index contributed by atoms with van der Waals surface area (Å²) in [7, 11) is 0. The maximum atomic E-state index is 13.8. The third-order valence-electron chi connectivity index (χ3n) is 2.81. The van der Waals surface area contributed by atoms with Crippen LogP contribution in [0.2, 0.25) is 0 Å². The van der Waals surface area contributed by atoms with Crippen molar-refractivity contribution in [1.29, 1.82) is 0 Å². The Labute approximate surface area is 104 Å². The van der Waals surface area contributed by atoms with Crippen LogP contribution < -0.4 is 5.32 Å². The van der Waals surface area contributed by atoms with E-state index in [1.807, 2.05) is 0 Å². The van der Waals surface area contributed by atoms with E-state index in [0.717, 1.165) is 12.5 Å². The van der Waals surface area contributed by atoms with Crippen molar-refractivity contribution in [3.8, 4) is 0 Å². The summed E-state index contributed by atoms with van der Waals surface area (Å²) in [5.74, 6) is -1.17. The first-order chi connectivity index (χ1) is 7.89. The molecule has 17 heavy (non-hydrogen) atoms. The average Bonchev–Trinajstić information content (AvgIpc) is 2.72. The normalized spacial score (nSPS) is 20.9. The van der Waals surface area contributed by atoms with Crippen molar-refractivity contribution in [2.75, 3.05) is 6.54 Å². The van der Waals surface area contributed by atoms with E-state index in [1.54, 1.807) is 0 Å². The first-order valence-electron chi connectivity index (χ1n) is 5.19. The summed E-state index contributed by atoms with van der Waals surface area (Å²) < 4.78 is 51.9. The number of halogens is 5. The summed E-state index contributed by atoms with van der Waals surface area (Å²) >= 11 is 2.99. The number of nitrogens with one attached hydrogen (secondary N) is 1. The number of hydrogen-bond donors (Lipinski definition) is 1. The molecular weight excluding hydrogens is 302 g/mol. The van der Waals surface area contributed by atoms with Gasteiger partial charge < -0.3 is 5.32 Å². The van der Waals surface area contributed by atoms with Gasteiger partial charge in [-0.25, -0.2) is 4.39 Å². The van der Waals surface area contributed by atoms with Gasteiger partial charge in [0.05, 0.1) is 5.56 Å². The van der Waals surface area contributed by atoms with Gasteiger partial charge in [0.2, 0.25) is 0 Å². The van der Waals surface area contributed by atoms with E-state index in [-0.39, 0.29) is 16.1 Å². The van der Waals surface area contributed by atoms with Gasteiger partial charge in [-0.1, -0.05) is 15.9 Å². The van der Waals surface area contributed by atoms with E-state index in [0.29, 0.717) is 13.0 Å². The van der Waals surface area contributed by atoms with Crippen LogP contribution in [0, 0.1) is 5.82 Å². The molecule has 1 aromatic carbocycles. The monoisotopic (exact) mass is 311 g/mol. The Morgan fingerprint density at radius 2 is 2.00 bits per heavy atom. The first-order valence-corrected chi connectivity index (χ1v) is 5.98. The zero-order valence-electron chi connectivity index (χ0n) is 8.74. The molecule has 0 radical (unpaired) electrons. The predicted octanol–water partition coefficient (Wildman–Crippen LogP) is 4.03. The van der Waals surface area contributed by atoms with Crippen LogP contribution in [0.15, 0.2) is 16.6 Å². The molecule has 1 heterocycles. The predicted molar refractivity (Wildman–Crippen MR) is 59.1 cm³/mol. The number of rotatable bonds is 1. The molecule has 1 fully saturated rings. The largest absolute Gasteiger partial charge is 0.419 e. The molecule has 1 saturated heterocycles. The second kappa shape index (κ2) is 4.57. The maximum Gasteiger partial charge on any atom is 0.419 e. The zero-order chi connectivity index (χ0) is 12.6. The molecule has 1 N–H and O–H groups in total. The van der Waals surface area contributed by atoms with Gasteiger partial charge >= 0.3 is 6.18 Å². The molecule has 6 heteroatoms. The zero-order valence-corrected chi connectivity index (χ0v) is 10.3. The van der Waals surface area contributed by atoms with Crippen LogP contribution in [0.25, 0.3) is 0 Å². The minimum atomic E-state index is -4.67. The molecule has 0 unspecified atom stereocenters. The highest BCUT2D eigenvalue weighted by molar-refractivity contribution is 9.10. The van der Waals surface area contributed by atoms with Gasteiger partial charge in [0.1, 0.15) is 5.82 Å². The highest BCUT2D eigenvalue weighted by Gasteiger charge is 2.36. The Morgan fingerprint density at radius 3 is 2.53 bits per heavy atom. The van der Waals surface area contributed by atoms with Crippen LogP contribution >= 0.6 is 15.9 Å². The van der Waals surface area contributed by atoms with E-state index in [4.69, 9.17) is 0 Å². The van der Waals surface area contributed by atoms with Crippen LogP contribution in [-0.2, 0) is 6.18 Å². The minimum Gasteiger partial charge on any atom is -0.310 e. The Bertz CT molecular complexity index is 424. The van der Waals surface area contributed by atoms with E-state index >= 15 is 0 Å². The number of benzene rings is 1. The van der Waals surface area contributed by atoms with Crippen molar-refractivity contribution in [3.63, 3.8) is 0 Å². The minimum absolute atomic E-state index is 0.0872. The molecular formula is C11H10BrF4N. The molecule has 0 spiro atoms. The van der Waals surface area contributed by atoms with Gasteiger partial charge in [-0.15, -0.1) is 0 Å². The molecule has 1 atom stereocenters. The average molecular weight is 312 g/mol. The third kappa shape index (κ3) is 2.63. The fourth-order valence-electron chi connectivity index (χ4n) is 2.02. The molecule has 1 aliphatic rings. The van der Waals surface area contributed by atoms with Gasteiger partial charge in [-0.3, -0.25) is 0 Å². The summed E-state index contributed by atoms with van der Waals surface area (Å²) in [4.78, 5) is 0. The van der Waals surface area contributed by atoms with Crippen molar-refractivity contribution in [2.45, 2.75) is 25.1 Å². The lowest BCUT2D eigenvalue weighted by atomic mass is 10.0. The molecule has 1 aliphatic heterocycles. The standard InChI is InChI=1S/C11H10BrF4N/c12-6-4-7(9-2-1-3-17-9)10(13)8(5-6)11(14,15)16/h4-5,9,17H,1-3H2/t9-/m1/s1. The van der Waals surface area contributed by atoms with E-state index in [1.165, 1.54) is 6.07 Å². The fourth-order valence-corrected chi connectivity index (χ4v) is 2.50. The van der Waals surface area contributed by atoms with Crippen LogP contribution in [0.4, 0.5) is 17.6 Å². The summed E-state index contributed by atoms with van der Waals surface area (Å²) in [5.41, 5.74) is -1.13. The van der Waals surface area contributed by atoms with Gasteiger partial charge in [0.25, 0.3) is 0 Å². The summed E-state index contributed by atoms with van der Waals surface area (Å²) in [6.45, 7) is 0.706. The van der Waals surface area contributed by atoms with E-state index in [2.05, 4.69) is 21.2 Å². The molecule has 2 rings (SSSR count). The Hall–Kier alpha value is -0.620. The van der Waals surface area contributed by atoms with Crippen LogP contribution in [-0.4, -0.2) is 6.54 Å². The quantitative estimate of drug-likeness (QED) is 0.772. The molecule has 0 aromatic heterocycles. The van der Waals surface area contributed by atoms with Gasteiger partial charge in [0, 0.05) is 16.1 Å². The van der Waals surface area contributed by atoms with Crippen molar-refractivity contribution in [1.82, 2.24) is 5.32 Å². The third-order valence-corrected chi connectivity index (χ3v) is 3.26. The Kier molecular flexibility index (Phi) is 3.45. The summed E-state index contributed by atoms with van der Waals surface area (Å²) in [5, 5.41) is 2.99. The van der Waals surface area contributed by atoms with Crippen LogP contribution in [0.1, 0.15) is 30.0 Å².